The smallest absolute Gasteiger partial charge is 0.344 e. The molecule has 1 amide bonds. The summed E-state index contributed by atoms with van der Waals surface area (Å²) >= 11 is 0. The fraction of sp³-hybridized carbons (Fsp3) is 0.250. The summed E-state index contributed by atoms with van der Waals surface area (Å²) < 4.78 is 10.4. The van der Waals surface area contributed by atoms with E-state index >= 15 is 0 Å². The summed E-state index contributed by atoms with van der Waals surface area (Å²) in [4.78, 5) is 23.7. The largest absolute Gasteiger partial charge is 0.481 e. The molecule has 0 unspecified atom stereocenters. The molecule has 2 rings (SSSR count). The number of nitriles is 1. The molecule has 6 nitrogen and oxygen atoms in total. The average molecular weight is 352 g/mol. The van der Waals surface area contributed by atoms with Crippen LogP contribution in [0.15, 0.2) is 36.4 Å². The molecule has 0 spiro atoms. The quantitative estimate of drug-likeness (QED) is 0.807. The van der Waals surface area contributed by atoms with Gasteiger partial charge in [0.2, 0.25) is 0 Å². The number of hydrogen-bond acceptors (Lipinski definition) is 5. The number of para-hydroxylation sites is 1. The summed E-state index contributed by atoms with van der Waals surface area (Å²) in [5.74, 6) is -0.531. The van der Waals surface area contributed by atoms with E-state index in [0.717, 1.165) is 16.7 Å². The molecule has 0 aliphatic rings. The maximum Gasteiger partial charge on any atom is 0.344 e. The van der Waals surface area contributed by atoms with Gasteiger partial charge in [-0.15, -0.1) is 0 Å². The second-order valence-electron chi connectivity index (χ2n) is 5.88. The fourth-order valence-corrected chi connectivity index (χ4v) is 2.59. The molecule has 0 aromatic heterocycles. The van der Waals surface area contributed by atoms with Crippen molar-refractivity contribution in [1.82, 2.24) is 0 Å². The Morgan fingerprint density at radius 3 is 2.38 bits per heavy atom. The van der Waals surface area contributed by atoms with E-state index in [2.05, 4.69) is 5.32 Å². The van der Waals surface area contributed by atoms with Crippen LogP contribution >= 0.6 is 0 Å². The van der Waals surface area contributed by atoms with Gasteiger partial charge in [0.15, 0.2) is 13.2 Å². The first kappa shape index (κ1) is 19.0. The van der Waals surface area contributed by atoms with E-state index in [1.54, 1.807) is 24.3 Å². The van der Waals surface area contributed by atoms with E-state index < -0.39 is 18.5 Å². The molecule has 134 valence electrons. The van der Waals surface area contributed by atoms with E-state index in [1.807, 2.05) is 39.0 Å². The van der Waals surface area contributed by atoms with Crippen LogP contribution in [0.3, 0.4) is 0 Å². The number of anilines is 1. The van der Waals surface area contributed by atoms with Crippen molar-refractivity contribution in [2.45, 2.75) is 20.8 Å². The Morgan fingerprint density at radius 2 is 1.73 bits per heavy atom. The molecule has 1 N–H and O–H groups in total. The standard InChI is InChI=1S/C20H20N2O4/c1-13-8-14(2)20(15(3)9-13)26-12-19(24)25-11-18(23)22-17-7-5-4-6-16(17)10-21/h4-9H,11-12H2,1-3H3,(H,22,23). The van der Waals surface area contributed by atoms with E-state index in [0.29, 0.717) is 17.0 Å². The number of carbonyl (C=O) groups is 2. The number of amides is 1. The summed E-state index contributed by atoms with van der Waals surface area (Å²) in [6, 6.07) is 12.5. The first-order chi connectivity index (χ1) is 12.4. The lowest BCUT2D eigenvalue weighted by molar-refractivity contribution is -0.149. The van der Waals surface area contributed by atoms with Crippen molar-refractivity contribution in [3.05, 3.63) is 58.7 Å². The summed E-state index contributed by atoms with van der Waals surface area (Å²) in [6.45, 7) is 5.06. The van der Waals surface area contributed by atoms with Gasteiger partial charge in [-0.2, -0.15) is 5.26 Å². The lowest BCUT2D eigenvalue weighted by atomic mass is 10.1. The monoisotopic (exact) mass is 352 g/mol. The van der Waals surface area contributed by atoms with Crippen molar-refractivity contribution in [3.63, 3.8) is 0 Å². The van der Waals surface area contributed by atoms with Crippen molar-refractivity contribution in [2.24, 2.45) is 0 Å². The van der Waals surface area contributed by atoms with Crippen molar-refractivity contribution in [1.29, 1.82) is 5.26 Å². The molecule has 0 heterocycles. The van der Waals surface area contributed by atoms with Gasteiger partial charge in [-0.25, -0.2) is 4.79 Å². The van der Waals surface area contributed by atoms with Gasteiger partial charge in [-0.1, -0.05) is 29.8 Å². The Labute approximate surface area is 152 Å². The van der Waals surface area contributed by atoms with Crippen molar-refractivity contribution in [2.75, 3.05) is 18.5 Å². The highest BCUT2D eigenvalue weighted by atomic mass is 16.6. The van der Waals surface area contributed by atoms with E-state index in [4.69, 9.17) is 14.7 Å². The average Bonchev–Trinajstić information content (AvgIpc) is 2.59. The molecule has 0 aliphatic carbocycles. The summed E-state index contributed by atoms with van der Waals surface area (Å²) in [5, 5.41) is 11.5. The predicted octanol–water partition coefficient (Wildman–Crippen LogP) is 3.04. The minimum Gasteiger partial charge on any atom is -0.481 e. The zero-order valence-corrected chi connectivity index (χ0v) is 15.0. The number of benzene rings is 2. The lowest BCUT2D eigenvalue weighted by Gasteiger charge is -2.13. The fourth-order valence-electron chi connectivity index (χ4n) is 2.59. The molecular formula is C20H20N2O4. The van der Waals surface area contributed by atoms with Gasteiger partial charge in [0, 0.05) is 0 Å². The Bertz CT molecular complexity index is 845. The van der Waals surface area contributed by atoms with Crippen LogP contribution in [0.4, 0.5) is 5.69 Å². The van der Waals surface area contributed by atoms with E-state index in [9.17, 15) is 9.59 Å². The van der Waals surface area contributed by atoms with Crippen molar-refractivity contribution < 1.29 is 19.1 Å². The molecule has 6 heteroatoms. The molecule has 0 atom stereocenters. The number of esters is 1. The van der Waals surface area contributed by atoms with Crippen molar-refractivity contribution in [3.8, 4) is 11.8 Å². The van der Waals surface area contributed by atoms with Crippen LogP contribution in [-0.4, -0.2) is 25.1 Å². The number of nitrogens with one attached hydrogen (secondary N) is 1. The SMILES string of the molecule is Cc1cc(C)c(OCC(=O)OCC(=O)Nc2ccccc2C#N)c(C)c1. The number of ether oxygens (including phenoxy) is 2. The number of aryl methyl sites for hydroxylation is 3. The highest BCUT2D eigenvalue weighted by molar-refractivity contribution is 5.94. The van der Waals surface area contributed by atoms with Gasteiger partial charge in [0.1, 0.15) is 11.8 Å². The maximum atomic E-state index is 11.9. The third-order valence-corrected chi connectivity index (χ3v) is 3.62. The number of carbonyl (C=O) groups excluding carboxylic acids is 2. The molecule has 0 saturated carbocycles. The molecule has 2 aromatic rings. The molecule has 0 bridgehead atoms. The highest BCUT2D eigenvalue weighted by Gasteiger charge is 2.12. The second-order valence-corrected chi connectivity index (χ2v) is 5.88. The van der Waals surface area contributed by atoms with E-state index in [-0.39, 0.29) is 6.61 Å². The van der Waals surface area contributed by atoms with Gasteiger partial charge < -0.3 is 14.8 Å². The number of rotatable bonds is 6. The first-order valence-electron chi connectivity index (χ1n) is 8.06. The predicted molar refractivity (Wildman–Crippen MR) is 96.9 cm³/mol. The van der Waals surface area contributed by atoms with Crippen LogP contribution < -0.4 is 10.1 Å². The molecule has 0 fully saturated rings. The molecule has 0 aliphatic heterocycles. The van der Waals surface area contributed by atoms with Gasteiger partial charge in [0.25, 0.3) is 5.91 Å². The maximum absolute atomic E-state index is 11.9. The van der Waals surface area contributed by atoms with Crippen LogP contribution in [0, 0.1) is 32.1 Å². The number of nitrogens with zero attached hydrogens (tertiary/aromatic N) is 1. The Balaban J connectivity index is 1.84. The van der Waals surface area contributed by atoms with Crippen LogP contribution in [0.1, 0.15) is 22.3 Å². The summed E-state index contributed by atoms with van der Waals surface area (Å²) in [6.07, 6.45) is 0. The van der Waals surface area contributed by atoms with Crippen LogP contribution in [0.2, 0.25) is 0 Å². The Kier molecular flexibility index (Phi) is 6.34. The molecular weight excluding hydrogens is 332 g/mol. The van der Waals surface area contributed by atoms with Gasteiger partial charge in [-0.3, -0.25) is 4.79 Å². The first-order valence-corrected chi connectivity index (χ1v) is 8.06. The van der Waals surface area contributed by atoms with Crippen LogP contribution in [-0.2, 0) is 14.3 Å². The zero-order valence-electron chi connectivity index (χ0n) is 15.0. The molecule has 26 heavy (non-hydrogen) atoms. The topological polar surface area (TPSA) is 88.4 Å². The Morgan fingerprint density at radius 1 is 1.08 bits per heavy atom. The minimum absolute atomic E-state index is 0.285. The minimum atomic E-state index is -0.645. The third-order valence-electron chi connectivity index (χ3n) is 3.62. The second kappa shape index (κ2) is 8.67. The van der Waals surface area contributed by atoms with Crippen molar-refractivity contribution >= 4 is 17.6 Å². The van der Waals surface area contributed by atoms with Gasteiger partial charge in [0.05, 0.1) is 11.3 Å². The van der Waals surface area contributed by atoms with Gasteiger partial charge >= 0.3 is 5.97 Å². The van der Waals surface area contributed by atoms with E-state index in [1.165, 1.54) is 0 Å². The number of hydrogen-bond donors (Lipinski definition) is 1. The molecule has 2 aromatic carbocycles. The molecule has 0 saturated heterocycles. The normalized spacial score (nSPS) is 9.92. The van der Waals surface area contributed by atoms with Crippen LogP contribution in [0.25, 0.3) is 0 Å². The molecule has 0 radical (unpaired) electrons. The van der Waals surface area contributed by atoms with Crippen LogP contribution in [0.5, 0.6) is 5.75 Å². The Hall–Kier alpha value is -3.33. The highest BCUT2D eigenvalue weighted by Crippen LogP contribution is 2.24. The van der Waals surface area contributed by atoms with Gasteiger partial charge in [-0.05, 0) is 44.0 Å². The summed E-state index contributed by atoms with van der Waals surface area (Å²) in [5.41, 5.74) is 3.69. The summed E-state index contributed by atoms with van der Waals surface area (Å²) in [7, 11) is 0. The third kappa shape index (κ3) is 5.08. The zero-order chi connectivity index (χ0) is 19.1. The lowest BCUT2D eigenvalue weighted by Crippen LogP contribution is -2.24.